The van der Waals surface area contributed by atoms with Gasteiger partial charge in [-0.05, 0) is 35.9 Å². The molecule has 26 heavy (non-hydrogen) atoms. The van der Waals surface area contributed by atoms with Gasteiger partial charge >= 0.3 is 0 Å². The number of benzene rings is 3. The third-order valence-electron chi connectivity index (χ3n) is 3.64. The molecular weight excluding hydrogens is 364 g/mol. The van der Waals surface area contributed by atoms with E-state index < -0.39 is 0 Å². The molecule has 0 atom stereocenters. The van der Waals surface area contributed by atoms with Gasteiger partial charge in [-0.25, -0.2) is 5.43 Å². The molecule has 0 aliphatic carbocycles. The van der Waals surface area contributed by atoms with Crippen LogP contribution in [0.3, 0.4) is 0 Å². The van der Waals surface area contributed by atoms with E-state index in [-0.39, 0.29) is 5.91 Å². The third kappa shape index (κ3) is 5.22. The van der Waals surface area contributed by atoms with Crippen LogP contribution in [-0.2, 0) is 5.75 Å². The van der Waals surface area contributed by atoms with E-state index in [1.807, 2.05) is 48.5 Å². The second-order valence-corrected chi connectivity index (χ2v) is 6.98. The summed E-state index contributed by atoms with van der Waals surface area (Å²) in [5.41, 5.74) is 5.00. The number of carbonyl (C=O) groups excluding carboxylic acids is 1. The average Bonchev–Trinajstić information content (AvgIpc) is 2.69. The van der Waals surface area contributed by atoms with Crippen molar-refractivity contribution >= 4 is 35.5 Å². The van der Waals surface area contributed by atoms with Gasteiger partial charge in [-0.1, -0.05) is 60.1 Å². The first-order chi connectivity index (χ1) is 12.7. The fourth-order valence-corrected chi connectivity index (χ4v) is 3.30. The summed E-state index contributed by atoms with van der Waals surface area (Å²) in [6.45, 7) is 0. The lowest BCUT2D eigenvalue weighted by Gasteiger charge is -2.04. The smallest absolute Gasteiger partial charge is 0.267 e. The molecule has 0 unspecified atom stereocenters. The minimum atomic E-state index is -0.254. The van der Waals surface area contributed by atoms with Gasteiger partial charge in [0, 0.05) is 26.8 Å². The highest BCUT2D eigenvalue weighted by Gasteiger charge is 2.04. The minimum Gasteiger partial charge on any atom is -0.267 e. The number of hydrazone groups is 1. The van der Waals surface area contributed by atoms with Gasteiger partial charge in [-0.3, -0.25) is 4.79 Å². The average molecular weight is 381 g/mol. The molecule has 0 heterocycles. The second kappa shape index (κ2) is 9.22. The van der Waals surface area contributed by atoms with Crippen LogP contribution in [0.4, 0.5) is 0 Å². The lowest BCUT2D eigenvalue weighted by atomic mass is 10.1. The van der Waals surface area contributed by atoms with Crippen molar-refractivity contribution in [1.82, 2.24) is 5.43 Å². The first-order valence-corrected chi connectivity index (χ1v) is 9.43. The SMILES string of the molecule is O=C(N/N=C\c1ccccc1Cl)c1ccc(CSc2ccccc2)cc1. The Hall–Kier alpha value is -2.56. The van der Waals surface area contributed by atoms with Crippen molar-refractivity contribution in [3.05, 3.63) is 101 Å². The summed E-state index contributed by atoms with van der Waals surface area (Å²) in [4.78, 5) is 13.4. The Kier molecular flexibility index (Phi) is 6.47. The third-order valence-corrected chi connectivity index (χ3v) is 5.07. The van der Waals surface area contributed by atoms with Gasteiger partial charge in [0.25, 0.3) is 5.91 Å². The van der Waals surface area contributed by atoms with Crippen molar-refractivity contribution in [3.63, 3.8) is 0 Å². The van der Waals surface area contributed by atoms with Crippen LogP contribution < -0.4 is 5.43 Å². The van der Waals surface area contributed by atoms with E-state index in [4.69, 9.17) is 11.6 Å². The molecule has 1 amide bonds. The summed E-state index contributed by atoms with van der Waals surface area (Å²) in [7, 11) is 0. The molecule has 0 aromatic heterocycles. The fraction of sp³-hybridized carbons (Fsp3) is 0.0476. The topological polar surface area (TPSA) is 41.5 Å². The first-order valence-electron chi connectivity index (χ1n) is 8.07. The number of rotatable bonds is 6. The quantitative estimate of drug-likeness (QED) is 0.353. The number of amides is 1. The standard InChI is InChI=1S/C21H17ClN2OS/c22-20-9-5-4-6-18(20)14-23-24-21(25)17-12-10-16(11-13-17)15-26-19-7-2-1-3-8-19/h1-14H,15H2,(H,24,25)/b23-14-. The normalized spacial score (nSPS) is 10.8. The Labute approximate surface area is 162 Å². The number of nitrogens with zero attached hydrogens (tertiary/aromatic N) is 1. The number of thioether (sulfide) groups is 1. The number of hydrogen-bond acceptors (Lipinski definition) is 3. The molecule has 0 bridgehead atoms. The van der Waals surface area contributed by atoms with E-state index in [9.17, 15) is 4.79 Å². The van der Waals surface area contributed by atoms with Gasteiger partial charge in [0.15, 0.2) is 0 Å². The van der Waals surface area contributed by atoms with Crippen LogP contribution in [0.1, 0.15) is 21.5 Å². The van der Waals surface area contributed by atoms with Gasteiger partial charge in [-0.2, -0.15) is 5.10 Å². The Morgan fingerprint density at radius 3 is 2.38 bits per heavy atom. The molecule has 0 aliphatic heterocycles. The van der Waals surface area contributed by atoms with Crippen LogP contribution in [0.2, 0.25) is 5.02 Å². The minimum absolute atomic E-state index is 0.254. The van der Waals surface area contributed by atoms with Crippen molar-refractivity contribution in [3.8, 4) is 0 Å². The van der Waals surface area contributed by atoms with Gasteiger partial charge in [-0.15, -0.1) is 11.8 Å². The monoisotopic (exact) mass is 380 g/mol. The van der Waals surface area contributed by atoms with E-state index in [0.29, 0.717) is 10.6 Å². The highest BCUT2D eigenvalue weighted by Crippen LogP contribution is 2.22. The van der Waals surface area contributed by atoms with Crippen LogP contribution in [0.25, 0.3) is 0 Å². The summed E-state index contributed by atoms with van der Waals surface area (Å²) < 4.78 is 0. The molecule has 3 aromatic rings. The zero-order valence-corrected chi connectivity index (χ0v) is 15.5. The molecule has 5 heteroatoms. The molecule has 0 radical (unpaired) electrons. The van der Waals surface area contributed by atoms with Crippen LogP contribution >= 0.6 is 23.4 Å². The molecular formula is C21H17ClN2OS. The molecule has 130 valence electrons. The molecule has 1 N–H and O–H groups in total. The Balaban J connectivity index is 1.54. The largest absolute Gasteiger partial charge is 0.271 e. The molecule has 3 rings (SSSR count). The molecule has 0 saturated carbocycles. The second-order valence-electron chi connectivity index (χ2n) is 5.52. The van der Waals surface area contributed by atoms with Crippen LogP contribution in [0.5, 0.6) is 0 Å². The van der Waals surface area contributed by atoms with E-state index in [1.54, 1.807) is 30.0 Å². The summed E-state index contributed by atoms with van der Waals surface area (Å²) in [5, 5.41) is 4.55. The van der Waals surface area contributed by atoms with E-state index in [1.165, 1.54) is 11.1 Å². The van der Waals surface area contributed by atoms with Gasteiger partial charge in [0.1, 0.15) is 0 Å². The van der Waals surface area contributed by atoms with Gasteiger partial charge < -0.3 is 0 Å². The predicted molar refractivity (Wildman–Crippen MR) is 109 cm³/mol. The van der Waals surface area contributed by atoms with E-state index in [0.717, 1.165) is 16.9 Å². The van der Waals surface area contributed by atoms with Crippen molar-refractivity contribution < 1.29 is 4.79 Å². The first kappa shape index (κ1) is 18.2. The van der Waals surface area contributed by atoms with Crippen LogP contribution in [0, 0.1) is 0 Å². The molecule has 3 aromatic carbocycles. The zero-order valence-electron chi connectivity index (χ0n) is 13.9. The van der Waals surface area contributed by atoms with Gasteiger partial charge in [0.05, 0.1) is 6.21 Å². The highest BCUT2D eigenvalue weighted by atomic mass is 35.5. The number of nitrogens with one attached hydrogen (secondary N) is 1. The maximum absolute atomic E-state index is 12.1. The Morgan fingerprint density at radius 1 is 0.962 bits per heavy atom. The molecule has 0 fully saturated rings. The maximum Gasteiger partial charge on any atom is 0.271 e. The zero-order chi connectivity index (χ0) is 18.2. The van der Waals surface area contributed by atoms with Crippen molar-refractivity contribution in [2.45, 2.75) is 10.6 Å². The fourth-order valence-electron chi connectivity index (χ4n) is 2.24. The maximum atomic E-state index is 12.1. The van der Waals surface area contributed by atoms with Crippen molar-refractivity contribution in [2.75, 3.05) is 0 Å². The number of halogens is 1. The van der Waals surface area contributed by atoms with E-state index in [2.05, 4.69) is 22.7 Å². The summed E-state index contributed by atoms with van der Waals surface area (Å²) >= 11 is 7.81. The number of carbonyl (C=O) groups is 1. The molecule has 0 aliphatic rings. The lowest BCUT2D eigenvalue weighted by molar-refractivity contribution is 0.0955. The molecule has 3 nitrogen and oxygen atoms in total. The summed E-state index contributed by atoms with van der Waals surface area (Å²) in [5.74, 6) is 0.604. The van der Waals surface area contributed by atoms with Crippen molar-refractivity contribution in [1.29, 1.82) is 0 Å². The van der Waals surface area contributed by atoms with Crippen molar-refractivity contribution in [2.24, 2.45) is 5.10 Å². The molecule has 0 spiro atoms. The predicted octanol–water partition coefficient (Wildman–Crippen LogP) is 5.40. The highest BCUT2D eigenvalue weighted by molar-refractivity contribution is 7.98. The lowest BCUT2D eigenvalue weighted by Crippen LogP contribution is -2.17. The molecule has 0 saturated heterocycles. The summed E-state index contributed by atoms with van der Waals surface area (Å²) in [6, 6.07) is 25.1. The van der Waals surface area contributed by atoms with E-state index >= 15 is 0 Å². The number of hydrogen-bond donors (Lipinski definition) is 1. The van der Waals surface area contributed by atoms with Crippen LogP contribution in [0.15, 0.2) is 88.9 Å². The van der Waals surface area contributed by atoms with Gasteiger partial charge in [0.2, 0.25) is 0 Å². The Morgan fingerprint density at radius 2 is 1.65 bits per heavy atom. The summed E-state index contributed by atoms with van der Waals surface area (Å²) in [6.07, 6.45) is 1.53. The Bertz CT molecular complexity index is 895. The van der Waals surface area contributed by atoms with Crippen LogP contribution in [-0.4, -0.2) is 12.1 Å².